The molecule has 0 radical (unpaired) electrons. The average molecular weight is 256 g/mol. The lowest BCUT2D eigenvalue weighted by atomic mass is 10.0. The van der Waals surface area contributed by atoms with Crippen LogP contribution >= 0.6 is 0 Å². The summed E-state index contributed by atoms with van der Waals surface area (Å²) in [6.45, 7) is 4.10. The maximum Gasteiger partial charge on any atom is 0.416 e. The summed E-state index contributed by atoms with van der Waals surface area (Å²) in [6.07, 6.45) is 1.93. The summed E-state index contributed by atoms with van der Waals surface area (Å²) >= 11 is 0. The topological polar surface area (TPSA) is 0 Å². The number of rotatable bonds is 5. The van der Waals surface area contributed by atoms with E-state index in [1.807, 2.05) is 13.0 Å². The molecule has 0 aliphatic rings. The molecule has 0 atom stereocenters. The third kappa shape index (κ3) is 4.94. The third-order valence-electron chi connectivity index (χ3n) is 2.80. The molecule has 3 heteroatoms. The van der Waals surface area contributed by atoms with E-state index in [0.717, 1.165) is 37.3 Å². The maximum absolute atomic E-state index is 12.5. The van der Waals surface area contributed by atoms with Crippen molar-refractivity contribution in [2.45, 2.75) is 45.7 Å². The highest BCUT2D eigenvalue weighted by Crippen LogP contribution is 2.30. The lowest BCUT2D eigenvalue weighted by Crippen LogP contribution is -2.04. The largest absolute Gasteiger partial charge is 0.416 e. The molecule has 0 aliphatic carbocycles. The van der Waals surface area contributed by atoms with Gasteiger partial charge in [-0.25, -0.2) is 0 Å². The fourth-order valence-corrected chi connectivity index (χ4v) is 1.82. The molecule has 0 aliphatic heterocycles. The van der Waals surface area contributed by atoms with Gasteiger partial charge in [0.15, 0.2) is 0 Å². The highest BCUT2D eigenvalue weighted by Gasteiger charge is 2.30. The number of allylic oxidation sites excluding steroid dienone is 1. The van der Waals surface area contributed by atoms with E-state index in [9.17, 15) is 13.2 Å². The Balaban J connectivity index is 2.75. The van der Waals surface area contributed by atoms with E-state index < -0.39 is 11.7 Å². The molecule has 0 bridgehead atoms. The minimum Gasteiger partial charge on any atom is -0.166 e. The average Bonchev–Trinajstić information content (AvgIpc) is 2.28. The number of hydrogen-bond acceptors (Lipinski definition) is 0. The molecule has 18 heavy (non-hydrogen) atoms. The molecule has 0 saturated carbocycles. The molecule has 0 unspecified atom stereocenters. The molecule has 0 aromatic heterocycles. The fraction of sp³-hybridized carbons (Fsp3) is 0.467. The highest BCUT2D eigenvalue weighted by atomic mass is 19.4. The summed E-state index contributed by atoms with van der Waals surface area (Å²) in [6, 6.07) is 5.46. The Hall–Kier alpha value is -1.25. The van der Waals surface area contributed by atoms with Crippen molar-refractivity contribution < 1.29 is 13.2 Å². The molecule has 1 aromatic carbocycles. The van der Waals surface area contributed by atoms with Crippen molar-refractivity contribution in [3.63, 3.8) is 0 Å². The first kappa shape index (κ1) is 14.8. The van der Waals surface area contributed by atoms with Gasteiger partial charge in [-0.1, -0.05) is 43.5 Å². The Labute approximate surface area is 107 Å². The first-order valence-electron chi connectivity index (χ1n) is 6.28. The van der Waals surface area contributed by atoms with Crippen LogP contribution in [0.4, 0.5) is 13.2 Å². The second-order valence-corrected chi connectivity index (χ2v) is 4.57. The van der Waals surface area contributed by atoms with Crippen molar-refractivity contribution in [3.05, 3.63) is 41.0 Å². The predicted octanol–water partition coefficient (Wildman–Crippen LogP) is 5.69. The van der Waals surface area contributed by atoms with E-state index in [1.54, 1.807) is 6.07 Å². The van der Waals surface area contributed by atoms with Gasteiger partial charge in [0.1, 0.15) is 0 Å². The van der Waals surface area contributed by atoms with Gasteiger partial charge in [0, 0.05) is 0 Å². The van der Waals surface area contributed by atoms with Gasteiger partial charge in [0.2, 0.25) is 0 Å². The number of halogens is 3. The number of hydrogen-bond donors (Lipinski definition) is 0. The number of alkyl halides is 3. The molecule has 1 rings (SSSR count). The predicted molar refractivity (Wildman–Crippen MR) is 69.2 cm³/mol. The summed E-state index contributed by atoms with van der Waals surface area (Å²) in [5.41, 5.74) is 1.17. The Bertz CT molecular complexity index is 402. The lowest BCUT2D eigenvalue weighted by molar-refractivity contribution is -0.137. The maximum atomic E-state index is 12.5. The van der Waals surface area contributed by atoms with Crippen LogP contribution in [0.2, 0.25) is 0 Å². The van der Waals surface area contributed by atoms with Crippen molar-refractivity contribution in [1.82, 2.24) is 0 Å². The first-order valence-corrected chi connectivity index (χ1v) is 6.28. The van der Waals surface area contributed by atoms with Crippen LogP contribution in [0.15, 0.2) is 29.8 Å². The Morgan fingerprint density at radius 1 is 1.22 bits per heavy atom. The standard InChI is InChI=1S/C15H19F3/c1-3-4-5-7-12(2)10-13-8-6-9-14(11-13)15(16,17)18/h6,8-11H,3-5,7H2,1-2H3. The minimum absolute atomic E-state index is 0.586. The van der Waals surface area contributed by atoms with Crippen molar-refractivity contribution in [2.24, 2.45) is 0 Å². The van der Waals surface area contributed by atoms with Gasteiger partial charge < -0.3 is 0 Å². The van der Waals surface area contributed by atoms with Crippen molar-refractivity contribution in [3.8, 4) is 0 Å². The molecule has 0 fully saturated rings. The Kier molecular flexibility index (Phi) is 5.45. The molecule has 0 saturated heterocycles. The molecule has 0 nitrogen and oxygen atoms in total. The molecule has 0 N–H and O–H groups in total. The van der Waals surface area contributed by atoms with Gasteiger partial charge in [0.05, 0.1) is 5.56 Å². The molecule has 1 aromatic rings. The van der Waals surface area contributed by atoms with Gasteiger partial charge >= 0.3 is 6.18 Å². The van der Waals surface area contributed by atoms with Crippen LogP contribution in [0.25, 0.3) is 6.08 Å². The molecular weight excluding hydrogens is 237 g/mol. The van der Waals surface area contributed by atoms with Crippen molar-refractivity contribution in [2.75, 3.05) is 0 Å². The zero-order valence-electron chi connectivity index (χ0n) is 10.8. The van der Waals surface area contributed by atoms with Gasteiger partial charge in [-0.05, 0) is 37.5 Å². The van der Waals surface area contributed by atoms with Crippen LogP contribution in [0.5, 0.6) is 0 Å². The zero-order chi connectivity index (χ0) is 13.6. The van der Waals surface area contributed by atoms with E-state index in [0.29, 0.717) is 5.56 Å². The van der Waals surface area contributed by atoms with E-state index >= 15 is 0 Å². The van der Waals surface area contributed by atoms with Gasteiger partial charge in [-0.15, -0.1) is 0 Å². The van der Waals surface area contributed by atoms with Gasteiger partial charge in [-0.3, -0.25) is 0 Å². The van der Waals surface area contributed by atoms with Crippen LogP contribution < -0.4 is 0 Å². The second-order valence-electron chi connectivity index (χ2n) is 4.57. The molecule has 0 amide bonds. The van der Waals surface area contributed by atoms with E-state index in [4.69, 9.17) is 0 Å². The molecule has 0 spiro atoms. The molecule has 0 heterocycles. The number of unbranched alkanes of at least 4 members (excludes halogenated alkanes) is 2. The van der Waals surface area contributed by atoms with Gasteiger partial charge in [-0.2, -0.15) is 13.2 Å². The first-order chi connectivity index (χ1) is 8.43. The van der Waals surface area contributed by atoms with E-state index in [-0.39, 0.29) is 0 Å². The smallest absolute Gasteiger partial charge is 0.166 e. The van der Waals surface area contributed by atoms with Gasteiger partial charge in [0.25, 0.3) is 0 Å². The summed E-state index contributed by atoms with van der Waals surface area (Å²) in [4.78, 5) is 0. The third-order valence-corrected chi connectivity index (χ3v) is 2.80. The van der Waals surface area contributed by atoms with E-state index in [1.165, 1.54) is 12.1 Å². The lowest BCUT2D eigenvalue weighted by Gasteiger charge is -2.07. The van der Waals surface area contributed by atoms with Crippen molar-refractivity contribution >= 4 is 6.08 Å². The second kappa shape index (κ2) is 6.62. The Morgan fingerprint density at radius 2 is 1.94 bits per heavy atom. The zero-order valence-corrected chi connectivity index (χ0v) is 10.8. The van der Waals surface area contributed by atoms with Crippen LogP contribution in [0.1, 0.15) is 50.7 Å². The quantitative estimate of drug-likeness (QED) is 0.594. The summed E-state index contributed by atoms with van der Waals surface area (Å²) in [7, 11) is 0. The number of benzene rings is 1. The summed E-state index contributed by atoms with van der Waals surface area (Å²) in [5.74, 6) is 0. The fourth-order valence-electron chi connectivity index (χ4n) is 1.82. The monoisotopic (exact) mass is 256 g/mol. The Morgan fingerprint density at radius 3 is 2.56 bits per heavy atom. The summed E-state index contributed by atoms with van der Waals surface area (Å²) in [5, 5.41) is 0. The minimum atomic E-state index is -4.26. The normalized spacial score (nSPS) is 12.8. The molecular formula is C15H19F3. The SMILES string of the molecule is CCCCCC(C)=Cc1cccc(C(F)(F)F)c1. The van der Waals surface area contributed by atoms with E-state index in [2.05, 4.69) is 6.92 Å². The van der Waals surface area contributed by atoms with Crippen LogP contribution in [0, 0.1) is 0 Å². The van der Waals surface area contributed by atoms with Crippen LogP contribution in [0.3, 0.4) is 0 Å². The molecule has 100 valence electrons. The highest BCUT2D eigenvalue weighted by molar-refractivity contribution is 5.53. The van der Waals surface area contributed by atoms with Crippen molar-refractivity contribution in [1.29, 1.82) is 0 Å². The summed E-state index contributed by atoms with van der Waals surface area (Å²) < 4.78 is 37.6. The van der Waals surface area contributed by atoms with Crippen LogP contribution in [-0.2, 0) is 6.18 Å². The van der Waals surface area contributed by atoms with Crippen LogP contribution in [-0.4, -0.2) is 0 Å².